The van der Waals surface area contributed by atoms with Gasteiger partial charge >= 0.3 is 0 Å². The average molecular weight is 403 g/mol. The summed E-state index contributed by atoms with van der Waals surface area (Å²) in [7, 11) is 1.61. The second kappa shape index (κ2) is 7.57. The number of halogens is 1. The number of ether oxygens (including phenoxy) is 2. The molecule has 2 aromatic carbocycles. The molecule has 1 aromatic heterocycles. The van der Waals surface area contributed by atoms with Crippen molar-refractivity contribution in [2.24, 2.45) is 5.10 Å². The number of hydrogen-bond donors (Lipinski definition) is 2. The average Bonchev–Trinajstić information content (AvgIpc) is 2.97. The molecular weight excluding hydrogens is 384 g/mol. The minimum atomic E-state index is 0.556. The SMILES string of the molecule is CCOc1cc(/C=N\Nc2nc3ccc(C)cc3[nH]2)cc(Br)c1OC. The lowest BCUT2D eigenvalue weighted by molar-refractivity contribution is 0.310. The van der Waals surface area contributed by atoms with E-state index in [9.17, 15) is 0 Å². The van der Waals surface area contributed by atoms with Crippen LogP contribution in [-0.4, -0.2) is 29.9 Å². The summed E-state index contributed by atoms with van der Waals surface area (Å²) >= 11 is 3.49. The molecule has 0 atom stereocenters. The van der Waals surface area contributed by atoms with Crippen LogP contribution in [0.15, 0.2) is 39.9 Å². The van der Waals surface area contributed by atoms with Crippen LogP contribution in [0.2, 0.25) is 0 Å². The summed E-state index contributed by atoms with van der Waals surface area (Å²) in [6.45, 7) is 4.53. The molecule has 3 rings (SSSR count). The monoisotopic (exact) mass is 402 g/mol. The second-order valence-corrected chi connectivity index (χ2v) is 6.30. The van der Waals surface area contributed by atoms with E-state index in [0.717, 1.165) is 21.1 Å². The Morgan fingerprint density at radius 1 is 1.32 bits per heavy atom. The van der Waals surface area contributed by atoms with Gasteiger partial charge in [0.15, 0.2) is 11.5 Å². The number of aryl methyl sites for hydroxylation is 1. The van der Waals surface area contributed by atoms with Gasteiger partial charge in [-0.3, -0.25) is 0 Å². The van der Waals surface area contributed by atoms with Gasteiger partial charge in [0.2, 0.25) is 5.95 Å². The van der Waals surface area contributed by atoms with Gasteiger partial charge < -0.3 is 14.5 Å². The fraction of sp³-hybridized carbons (Fsp3) is 0.222. The number of benzene rings is 2. The maximum atomic E-state index is 5.61. The minimum absolute atomic E-state index is 0.556. The number of hydrogen-bond acceptors (Lipinski definition) is 5. The molecular formula is C18H19BrN4O2. The van der Waals surface area contributed by atoms with Crippen molar-refractivity contribution in [3.05, 3.63) is 45.9 Å². The Kier molecular flexibility index (Phi) is 5.23. The van der Waals surface area contributed by atoms with Gasteiger partial charge in [-0.05, 0) is 65.2 Å². The number of anilines is 1. The fourth-order valence-electron chi connectivity index (χ4n) is 2.47. The summed E-state index contributed by atoms with van der Waals surface area (Å²) in [4.78, 5) is 7.64. The summed E-state index contributed by atoms with van der Waals surface area (Å²) in [5.41, 5.74) is 6.84. The van der Waals surface area contributed by atoms with Crippen molar-refractivity contribution < 1.29 is 9.47 Å². The number of fused-ring (bicyclic) bond motifs is 1. The van der Waals surface area contributed by atoms with Gasteiger partial charge in [0.05, 0.1) is 35.4 Å². The number of aromatic amines is 1. The molecule has 0 amide bonds. The van der Waals surface area contributed by atoms with Gasteiger partial charge in [0.25, 0.3) is 0 Å². The molecule has 7 heteroatoms. The molecule has 0 aliphatic heterocycles. The summed E-state index contributed by atoms with van der Waals surface area (Å²) in [5.74, 6) is 1.93. The van der Waals surface area contributed by atoms with Gasteiger partial charge in [-0.25, -0.2) is 10.4 Å². The second-order valence-electron chi connectivity index (χ2n) is 5.44. The topological polar surface area (TPSA) is 71.5 Å². The number of aromatic nitrogens is 2. The van der Waals surface area contributed by atoms with Gasteiger partial charge in [0.1, 0.15) is 0 Å². The molecule has 0 unspecified atom stereocenters. The van der Waals surface area contributed by atoms with Crippen LogP contribution in [0.5, 0.6) is 11.5 Å². The first-order chi connectivity index (χ1) is 12.1. The zero-order valence-corrected chi connectivity index (χ0v) is 15.8. The molecule has 130 valence electrons. The molecule has 3 aromatic rings. The van der Waals surface area contributed by atoms with Crippen LogP contribution in [-0.2, 0) is 0 Å². The van der Waals surface area contributed by atoms with Crippen molar-refractivity contribution in [1.29, 1.82) is 0 Å². The van der Waals surface area contributed by atoms with Gasteiger partial charge in [0, 0.05) is 0 Å². The lowest BCUT2D eigenvalue weighted by Crippen LogP contribution is -1.98. The molecule has 0 bridgehead atoms. The largest absolute Gasteiger partial charge is 0.492 e. The van der Waals surface area contributed by atoms with Crippen molar-refractivity contribution in [2.75, 3.05) is 19.1 Å². The Morgan fingerprint density at radius 3 is 2.92 bits per heavy atom. The number of rotatable bonds is 6. The van der Waals surface area contributed by atoms with Crippen molar-refractivity contribution >= 4 is 39.1 Å². The third kappa shape index (κ3) is 3.93. The first-order valence-electron chi connectivity index (χ1n) is 7.86. The highest BCUT2D eigenvalue weighted by Crippen LogP contribution is 2.36. The number of hydrazone groups is 1. The Morgan fingerprint density at radius 2 is 2.16 bits per heavy atom. The van der Waals surface area contributed by atoms with Gasteiger partial charge in [-0.1, -0.05) is 6.07 Å². The van der Waals surface area contributed by atoms with E-state index >= 15 is 0 Å². The molecule has 6 nitrogen and oxygen atoms in total. The number of nitrogens with one attached hydrogen (secondary N) is 2. The molecule has 2 N–H and O–H groups in total. The lowest BCUT2D eigenvalue weighted by Gasteiger charge is -2.11. The quantitative estimate of drug-likeness (QED) is 0.470. The van der Waals surface area contributed by atoms with Crippen LogP contribution in [0, 0.1) is 6.92 Å². The smallest absolute Gasteiger partial charge is 0.222 e. The van der Waals surface area contributed by atoms with Gasteiger partial charge in [-0.2, -0.15) is 5.10 Å². The zero-order valence-electron chi connectivity index (χ0n) is 14.3. The van der Waals surface area contributed by atoms with E-state index in [1.807, 2.05) is 44.2 Å². The first kappa shape index (κ1) is 17.3. The summed E-state index contributed by atoms with van der Waals surface area (Å²) in [5, 5.41) is 4.24. The van der Waals surface area contributed by atoms with E-state index in [2.05, 4.69) is 36.4 Å². The van der Waals surface area contributed by atoms with Crippen LogP contribution < -0.4 is 14.9 Å². The highest BCUT2D eigenvalue weighted by Gasteiger charge is 2.10. The minimum Gasteiger partial charge on any atom is -0.492 e. The summed E-state index contributed by atoms with van der Waals surface area (Å²) < 4.78 is 11.8. The third-order valence-electron chi connectivity index (χ3n) is 3.56. The highest BCUT2D eigenvalue weighted by atomic mass is 79.9. The summed E-state index contributed by atoms with van der Waals surface area (Å²) in [6.07, 6.45) is 1.70. The Labute approximate surface area is 154 Å². The maximum Gasteiger partial charge on any atom is 0.222 e. The highest BCUT2D eigenvalue weighted by molar-refractivity contribution is 9.10. The standard InChI is InChI=1S/C18H19BrN4O2/c1-4-25-16-9-12(8-13(19)17(16)24-3)10-20-23-18-21-14-6-5-11(2)7-15(14)22-18/h5-10H,4H2,1-3H3,(H2,21,22,23)/b20-10-. The maximum absolute atomic E-state index is 5.61. The fourth-order valence-corrected chi connectivity index (χ4v) is 3.09. The predicted octanol–water partition coefficient (Wildman–Crippen LogP) is 4.49. The molecule has 0 spiro atoms. The molecule has 0 fully saturated rings. The molecule has 0 radical (unpaired) electrons. The van der Waals surface area contributed by atoms with E-state index < -0.39 is 0 Å². The van der Waals surface area contributed by atoms with Crippen LogP contribution >= 0.6 is 15.9 Å². The Bertz CT molecular complexity index is 921. The van der Waals surface area contributed by atoms with Crippen molar-refractivity contribution in [1.82, 2.24) is 9.97 Å². The molecule has 25 heavy (non-hydrogen) atoms. The van der Waals surface area contributed by atoms with E-state index in [4.69, 9.17) is 9.47 Å². The van der Waals surface area contributed by atoms with Crippen molar-refractivity contribution in [3.8, 4) is 11.5 Å². The molecule has 0 saturated heterocycles. The first-order valence-corrected chi connectivity index (χ1v) is 8.65. The summed E-state index contributed by atoms with van der Waals surface area (Å²) in [6, 6.07) is 9.84. The number of H-pyrrole nitrogens is 1. The van der Waals surface area contributed by atoms with Crippen LogP contribution in [0.4, 0.5) is 5.95 Å². The van der Waals surface area contributed by atoms with E-state index in [1.54, 1.807) is 13.3 Å². The van der Waals surface area contributed by atoms with E-state index in [0.29, 0.717) is 24.1 Å². The van der Waals surface area contributed by atoms with Crippen molar-refractivity contribution in [2.45, 2.75) is 13.8 Å². The van der Waals surface area contributed by atoms with Gasteiger partial charge in [-0.15, -0.1) is 0 Å². The van der Waals surface area contributed by atoms with Crippen molar-refractivity contribution in [3.63, 3.8) is 0 Å². The molecule has 0 saturated carbocycles. The van der Waals surface area contributed by atoms with E-state index in [1.165, 1.54) is 5.56 Å². The molecule has 0 aliphatic carbocycles. The number of nitrogens with zero attached hydrogens (tertiary/aromatic N) is 2. The Balaban J connectivity index is 1.78. The Hall–Kier alpha value is -2.54. The number of imidazole rings is 1. The molecule has 0 aliphatic rings. The normalized spacial score (nSPS) is 11.2. The zero-order chi connectivity index (χ0) is 17.8. The van der Waals surface area contributed by atoms with E-state index in [-0.39, 0.29) is 0 Å². The van der Waals surface area contributed by atoms with Crippen LogP contribution in [0.1, 0.15) is 18.1 Å². The lowest BCUT2D eigenvalue weighted by atomic mass is 10.2. The predicted molar refractivity (Wildman–Crippen MR) is 104 cm³/mol. The number of methoxy groups -OCH3 is 1. The molecule has 1 heterocycles. The third-order valence-corrected chi connectivity index (χ3v) is 4.15. The van der Waals surface area contributed by atoms with Crippen LogP contribution in [0.25, 0.3) is 11.0 Å². The van der Waals surface area contributed by atoms with Crippen LogP contribution in [0.3, 0.4) is 0 Å².